The summed E-state index contributed by atoms with van der Waals surface area (Å²) >= 11 is 3.53. The molecular formula is C13H16BrN3. The number of nitrogens with zero attached hydrogens (tertiary/aromatic N) is 2. The molecule has 4 heteroatoms. The predicted octanol–water partition coefficient (Wildman–Crippen LogP) is 3.51. The summed E-state index contributed by atoms with van der Waals surface area (Å²) in [6.45, 7) is 6.36. The molecule has 0 unspecified atom stereocenters. The molecule has 3 nitrogen and oxygen atoms in total. The molecule has 2 aromatic rings. The first kappa shape index (κ1) is 12.2. The van der Waals surface area contributed by atoms with E-state index >= 15 is 0 Å². The van der Waals surface area contributed by atoms with Gasteiger partial charge in [0.15, 0.2) is 0 Å². The van der Waals surface area contributed by atoms with Crippen LogP contribution in [0.15, 0.2) is 34.8 Å². The van der Waals surface area contributed by atoms with Crippen LogP contribution in [0.1, 0.15) is 26.5 Å². The highest BCUT2D eigenvalue weighted by molar-refractivity contribution is 9.10. The second-order valence-corrected chi connectivity index (χ2v) is 5.84. The standard InChI is InChI=1S/C13H16BrN3/c1-13(2,3)11-10(14)12(15)17(16-11)9-7-5-4-6-8-9/h4-8H,15H2,1-3H3. The predicted molar refractivity (Wildman–Crippen MR) is 74.4 cm³/mol. The lowest BCUT2D eigenvalue weighted by Gasteiger charge is -2.15. The summed E-state index contributed by atoms with van der Waals surface area (Å²) < 4.78 is 2.65. The molecule has 0 aliphatic rings. The Labute approximate surface area is 110 Å². The van der Waals surface area contributed by atoms with E-state index in [4.69, 9.17) is 5.73 Å². The topological polar surface area (TPSA) is 43.8 Å². The van der Waals surface area contributed by atoms with Crippen molar-refractivity contribution >= 4 is 21.7 Å². The van der Waals surface area contributed by atoms with Crippen LogP contribution in [0, 0.1) is 0 Å². The van der Waals surface area contributed by atoms with Crippen molar-refractivity contribution in [3.05, 3.63) is 40.5 Å². The first-order valence-corrected chi connectivity index (χ1v) is 6.30. The summed E-state index contributed by atoms with van der Waals surface area (Å²) in [5.41, 5.74) is 8.00. The van der Waals surface area contributed by atoms with Crippen molar-refractivity contribution in [3.63, 3.8) is 0 Å². The van der Waals surface area contributed by atoms with Gasteiger partial charge < -0.3 is 5.73 Å². The van der Waals surface area contributed by atoms with E-state index in [9.17, 15) is 0 Å². The van der Waals surface area contributed by atoms with Gasteiger partial charge in [-0.1, -0.05) is 39.0 Å². The van der Waals surface area contributed by atoms with Gasteiger partial charge >= 0.3 is 0 Å². The van der Waals surface area contributed by atoms with Crippen LogP contribution < -0.4 is 5.73 Å². The van der Waals surface area contributed by atoms with Gasteiger partial charge in [-0.15, -0.1) is 0 Å². The number of rotatable bonds is 1. The minimum atomic E-state index is -0.0347. The number of hydrogen-bond donors (Lipinski definition) is 1. The maximum Gasteiger partial charge on any atom is 0.141 e. The third-order valence-electron chi connectivity index (χ3n) is 2.57. The number of para-hydroxylation sites is 1. The highest BCUT2D eigenvalue weighted by atomic mass is 79.9. The lowest BCUT2D eigenvalue weighted by atomic mass is 9.92. The number of benzene rings is 1. The van der Waals surface area contributed by atoms with E-state index in [0.717, 1.165) is 15.9 Å². The van der Waals surface area contributed by atoms with E-state index in [2.05, 4.69) is 41.8 Å². The first-order valence-electron chi connectivity index (χ1n) is 5.51. The first-order chi connectivity index (χ1) is 7.91. The van der Waals surface area contributed by atoms with Gasteiger partial charge in [-0.05, 0) is 28.1 Å². The van der Waals surface area contributed by atoms with Crippen molar-refractivity contribution in [2.45, 2.75) is 26.2 Å². The third-order valence-corrected chi connectivity index (χ3v) is 3.35. The number of aromatic nitrogens is 2. The summed E-state index contributed by atoms with van der Waals surface area (Å²) in [4.78, 5) is 0. The zero-order valence-electron chi connectivity index (χ0n) is 10.2. The van der Waals surface area contributed by atoms with Gasteiger partial charge in [-0.25, -0.2) is 4.68 Å². The molecule has 1 heterocycles. The normalized spacial score (nSPS) is 11.8. The fourth-order valence-electron chi connectivity index (χ4n) is 1.66. The van der Waals surface area contributed by atoms with Gasteiger partial charge in [0.05, 0.1) is 15.9 Å². The van der Waals surface area contributed by atoms with Crippen LogP contribution in [-0.2, 0) is 5.41 Å². The highest BCUT2D eigenvalue weighted by Crippen LogP contribution is 2.34. The molecule has 1 aromatic heterocycles. The lowest BCUT2D eigenvalue weighted by Crippen LogP contribution is -2.13. The minimum absolute atomic E-state index is 0.0347. The maximum atomic E-state index is 6.09. The van der Waals surface area contributed by atoms with E-state index in [1.807, 2.05) is 30.3 Å². The average molecular weight is 294 g/mol. The van der Waals surface area contributed by atoms with Crippen LogP contribution >= 0.6 is 15.9 Å². The summed E-state index contributed by atoms with van der Waals surface area (Å²) in [6, 6.07) is 9.90. The smallest absolute Gasteiger partial charge is 0.141 e. The van der Waals surface area contributed by atoms with Crippen LogP contribution in [0.2, 0.25) is 0 Å². The van der Waals surface area contributed by atoms with Gasteiger partial charge in [-0.2, -0.15) is 5.10 Å². The van der Waals surface area contributed by atoms with Crippen molar-refractivity contribution < 1.29 is 0 Å². The van der Waals surface area contributed by atoms with Crippen LogP contribution in [0.4, 0.5) is 5.82 Å². The Morgan fingerprint density at radius 2 is 1.76 bits per heavy atom. The molecule has 90 valence electrons. The van der Waals surface area contributed by atoms with Gasteiger partial charge in [0.1, 0.15) is 5.82 Å². The molecule has 2 rings (SSSR count). The van der Waals surface area contributed by atoms with Crippen LogP contribution in [0.5, 0.6) is 0 Å². The fourth-order valence-corrected chi connectivity index (χ4v) is 2.50. The zero-order chi connectivity index (χ0) is 12.6. The van der Waals surface area contributed by atoms with Crippen molar-refractivity contribution in [3.8, 4) is 5.69 Å². The van der Waals surface area contributed by atoms with Gasteiger partial charge in [0.2, 0.25) is 0 Å². The molecule has 0 amide bonds. The monoisotopic (exact) mass is 293 g/mol. The average Bonchev–Trinajstić information content (AvgIpc) is 2.57. The number of halogens is 1. The summed E-state index contributed by atoms with van der Waals surface area (Å²) in [5.74, 6) is 0.640. The molecule has 0 aliphatic heterocycles. The van der Waals surface area contributed by atoms with Crippen molar-refractivity contribution in [2.75, 3.05) is 5.73 Å². The number of anilines is 1. The largest absolute Gasteiger partial charge is 0.383 e. The zero-order valence-corrected chi connectivity index (χ0v) is 11.8. The molecular weight excluding hydrogens is 278 g/mol. The Morgan fingerprint density at radius 3 is 2.24 bits per heavy atom. The summed E-state index contributed by atoms with van der Waals surface area (Å²) in [5, 5.41) is 4.60. The Morgan fingerprint density at radius 1 is 1.18 bits per heavy atom. The molecule has 1 aromatic carbocycles. The van der Waals surface area contributed by atoms with E-state index in [1.54, 1.807) is 4.68 Å². The van der Waals surface area contributed by atoms with E-state index in [1.165, 1.54) is 0 Å². The minimum Gasteiger partial charge on any atom is -0.383 e. The van der Waals surface area contributed by atoms with Gasteiger partial charge in [0.25, 0.3) is 0 Å². The van der Waals surface area contributed by atoms with Crippen molar-refractivity contribution in [1.29, 1.82) is 0 Å². The molecule has 0 spiro atoms. The van der Waals surface area contributed by atoms with Crippen molar-refractivity contribution in [2.24, 2.45) is 0 Å². The molecule has 0 saturated heterocycles. The Balaban J connectivity index is 2.59. The molecule has 0 atom stereocenters. The molecule has 0 saturated carbocycles. The molecule has 17 heavy (non-hydrogen) atoms. The highest BCUT2D eigenvalue weighted by Gasteiger charge is 2.24. The number of nitrogens with two attached hydrogens (primary N) is 1. The number of hydrogen-bond acceptors (Lipinski definition) is 2. The maximum absolute atomic E-state index is 6.09. The summed E-state index contributed by atoms with van der Waals surface area (Å²) in [7, 11) is 0. The third kappa shape index (κ3) is 2.22. The van der Waals surface area contributed by atoms with Gasteiger partial charge in [0, 0.05) is 5.41 Å². The Hall–Kier alpha value is -1.29. The van der Waals surface area contributed by atoms with Gasteiger partial charge in [-0.3, -0.25) is 0 Å². The Bertz CT molecular complexity index is 524. The van der Waals surface area contributed by atoms with Crippen molar-refractivity contribution in [1.82, 2.24) is 9.78 Å². The molecule has 0 fully saturated rings. The van der Waals surface area contributed by atoms with Crippen LogP contribution in [-0.4, -0.2) is 9.78 Å². The molecule has 0 radical (unpaired) electrons. The quantitative estimate of drug-likeness (QED) is 0.874. The SMILES string of the molecule is CC(C)(C)c1nn(-c2ccccc2)c(N)c1Br. The lowest BCUT2D eigenvalue weighted by molar-refractivity contribution is 0.558. The van der Waals surface area contributed by atoms with E-state index < -0.39 is 0 Å². The van der Waals surface area contributed by atoms with Crippen LogP contribution in [0.25, 0.3) is 5.69 Å². The van der Waals surface area contributed by atoms with E-state index in [-0.39, 0.29) is 5.41 Å². The van der Waals surface area contributed by atoms with Crippen LogP contribution in [0.3, 0.4) is 0 Å². The fraction of sp³-hybridized carbons (Fsp3) is 0.308. The second kappa shape index (κ2) is 4.18. The molecule has 0 aliphatic carbocycles. The Kier molecular flexibility index (Phi) is 3.00. The second-order valence-electron chi connectivity index (χ2n) is 5.05. The molecule has 0 bridgehead atoms. The summed E-state index contributed by atoms with van der Waals surface area (Å²) in [6.07, 6.45) is 0. The molecule has 2 N–H and O–H groups in total. The number of nitrogen functional groups attached to an aromatic ring is 1. The van der Waals surface area contributed by atoms with E-state index in [0.29, 0.717) is 5.82 Å².